The number of carbonyl (C=O) groups excluding carboxylic acids is 3. The molecule has 48 heavy (non-hydrogen) atoms. The molecule has 5 rings (SSSR count). The minimum atomic E-state index is -2.44. The number of amides is 2. The average Bonchev–Trinajstić information content (AvgIpc) is 3.36. The van der Waals surface area contributed by atoms with Gasteiger partial charge in [0.25, 0.3) is 0 Å². The second kappa shape index (κ2) is 13.7. The van der Waals surface area contributed by atoms with Crippen LogP contribution in [0.5, 0.6) is 5.75 Å². The van der Waals surface area contributed by atoms with Crippen LogP contribution < -0.4 is 15.4 Å². The summed E-state index contributed by atoms with van der Waals surface area (Å²) in [4.78, 5) is 38.6. The van der Waals surface area contributed by atoms with E-state index in [1.807, 2.05) is 48.5 Å². The highest BCUT2D eigenvalue weighted by atomic mass is 19.2. The number of esters is 1. The SMILES string of the molecule is CC(C)(C)OC(=O)Nc1cccc(C[C@H](NC(=O)OCC2c3ccccc3-c3ccccc32)C(=O)Oc2c(F)c(F)c(F)c(F)c2F)c1. The van der Waals surface area contributed by atoms with E-state index in [-0.39, 0.29) is 18.2 Å². The number of nitrogens with one attached hydrogen (secondary N) is 2. The summed E-state index contributed by atoms with van der Waals surface area (Å²) in [5.41, 5.74) is 3.47. The molecule has 1 atom stereocenters. The topological polar surface area (TPSA) is 103 Å². The van der Waals surface area contributed by atoms with Crippen molar-refractivity contribution in [3.05, 3.63) is 119 Å². The second-order valence-corrected chi connectivity index (χ2v) is 11.9. The van der Waals surface area contributed by atoms with Gasteiger partial charge in [-0.2, -0.15) is 8.78 Å². The lowest BCUT2D eigenvalue weighted by molar-refractivity contribution is -0.137. The van der Waals surface area contributed by atoms with Crippen LogP contribution in [0.2, 0.25) is 0 Å². The second-order valence-electron chi connectivity index (χ2n) is 11.9. The third-order valence-electron chi connectivity index (χ3n) is 7.30. The largest absolute Gasteiger partial charge is 0.449 e. The highest BCUT2D eigenvalue weighted by Gasteiger charge is 2.33. The van der Waals surface area contributed by atoms with Crippen molar-refractivity contribution in [1.82, 2.24) is 5.32 Å². The van der Waals surface area contributed by atoms with Gasteiger partial charge in [-0.3, -0.25) is 5.32 Å². The normalized spacial score (nSPS) is 12.8. The van der Waals surface area contributed by atoms with Gasteiger partial charge in [-0.25, -0.2) is 27.6 Å². The molecule has 1 aliphatic rings. The summed E-state index contributed by atoms with van der Waals surface area (Å²) >= 11 is 0. The Balaban J connectivity index is 1.37. The lowest BCUT2D eigenvalue weighted by Gasteiger charge is -2.21. The number of hydrogen-bond donors (Lipinski definition) is 2. The van der Waals surface area contributed by atoms with Crippen LogP contribution in [0.3, 0.4) is 0 Å². The van der Waals surface area contributed by atoms with Crippen LogP contribution in [0.25, 0.3) is 11.1 Å². The van der Waals surface area contributed by atoms with Gasteiger partial charge in [0.05, 0.1) is 0 Å². The summed E-state index contributed by atoms with van der Waals surface area (Å²) in [6.45, 7) is 4.84. The first-order chi connectivity index (χ1) is 22.7. The van der Waals surface area contributed by atoms with Gasteiger partial charge in [0, 0.05) is 18.0 Å². The van der Waals surface area contributed by atoms with Crippen molar-refractivity contribution >= 4 is 23.8 Å². The molecular weight excluding hydrogens is 639 g/mol. The summed E-state index contributed by atoms with van der Waals surface area (Å²) in [5.74, 6) is -15.6. The average molecular weight is 669 g/mol. The fourth-order valence-electron chi connectivity index (χ4n) is 5.25. The van der Waals surface area contributed by atoms with Crippen LogP contribution in [0.4, 0.5) is 37.2 Å². The highest BCUT2D eigenvalue weighted by Crippen LogP contribution is 2.44. The molecular formula is C35H29F5N2O6. The number of benzene rings is 4. The molecule has 0 aliphatic heterocycles. The van der Waals surface area contributed by atoms with Gasteiger partial charge >= 0.3 is 18.2 Å². The summed E-state index contributed by atoms with van der Waals surface area (Å²) in [7, 11) is 0. The maximum Gasteiger partial charge on any atom is 0.412 e. The number of fused-ring (bicyclic) bond motifs is 3. The van der Waals surface area contributed by atoms with Crippen molar-refractivity contribution in [3.8, 4) is 16.9 Å². The molecule has 0 bridgehead atoms. The monoisotopic (exact) mass is 668 g/mol. The van der Waals surface area contributed by atoms with E-state index < -0.39 is 71.1 Å². The minimum Gasteiger partial charge on any atom is -0.449 e. The summed E-state index contributed by atoms with van der Waals surface area (Å²) in [6.07, 6.45) is -2.32. The fraction of sp³-hybridized carbons (Fsp3) is 0.229. The first-order valence-electron chi connectivity index (χ1n) is 14.7. The molecule has 4 aromatic rings. The van der Waals surface area contributed by atoms with Crippen molar-refractivity contribution in [2.45, 2.75) is 44.8 Å². The maximum absolute atomic E-state index is 14.4. The Kier molecular flexibility index (Phi) is 9.69. The van der Waals surface area contributed by atoms with Gasteiger partial charge in [0.1, 0.15) is 18.2 Å². The quantitative estimate of drug-likeness (QED) is 0.0654. The van der Waals surface area contributed by atoms with Crippen LogP contribution >= 0.6 is 0 Å². The number of hydrogen-bond acceptors (Lipinski definition) is 6. The van der Waals surface area contributed by atoms with Crippen LogP contribution in [-0.4, -0.2) is 36.4 Å². The standard InChI is InChI=1S/C35H29F5N2O6/c1-35(2,3)48-34(45)41-19-10-8-9-18(15-19)16-25(32(43)47-31-29(39)27(37)26(36)28(38)30(31)40)42-33(44)46-17-24-22-13-6-4-11-20(22)21-12-5-7-14-23(21)24/h4-15,24-25H,16-17H2,1-3H3,(H,41,45)(H,42,44)/t25-/m0/s1. The smallest absolute Gasteiger partial charge is 0.412 e. The number of carbonyl (C=O) groups is 3. The number of halogens is 5. The van der Waals surface area contributed by atoms with Gasteiger partial charge in [-0.1, -0.05) is 60.7 Å². The highest BCUT2D eigenvalue weighted by molar-refractivity contribution is 5.86. The van der Waals surface area contributed by atoms with E-state index in [0.717, 1.165) is 22.3 Å². The van der Waals surface area contributed by atoms with Crippen LogP contribution in [-0.2, 0) is 20.7 Å². The van der Waals surface area contributed by atoms with Gasteiger partial charge in [-0.05, 0) is 60.7 Å². The maximum atomic E-state index is 14.4. The van der Waals surface area contributed by atoms with Crippen molar-refractivity contribution in [2.24, 2.45) is 0 Å². The lowest BCUT2D eigenvalue weighted by Crippen LogP contribution is -2.45. The fourth-order valence-corrected chi connectivity index (χ4v) is 5.25. The van der Waals surface area contributed by atoms with Gasteiger partial charge in [0.2, 0.25) is 34.8 Å². The summed E-state index contributed by atoms with van der Waals surface area (Å²) in [5, 5.41) is 4.79. The Hall–Kier alpha value is -5.46. The molecule has 1 aliphatic carbocycles. The van der Waals surface area contributed by atoms with E-state index in [1.165, 1.54) is 24.3 Å². The van der Waals surface area contributed by atoms with E-state index in [1.54, 1.807) is 20.8 Å². The van der Waals surface area contributed by atoms with E-state index in [4.69, 9.17) is 9.47 Å². The molecule has 0 spiro atoms. The van der Waals surface area contributed by atoms with Crippen LogP contribution in [0, 0.1) is 29.1 Å². The first-order valence-corrected chi connectivity index (χ1v) is 14.7. The molecule has 2 N–H and O–H groups in total. The molecule has 0 heterocycles. The van der Waals surface area contributed by atoms with E-state index >= 15 is 0 Å². The third-order valence-corrected chi connectivity index (χ3v) is 7.30. The third kappa shape index (κ3) is 7.40. The molecule has 13 heteroatoms. The number of anilines is 1. The molecule has 0 saturated carbocycles. The molecule has 0 aromatic heterocycles. The van der Waals surface area contributed by atoms with Crippen molar-refractivity contribution in [3.63, 3.8) is 0 Å². The zero-order valence-electron chi connectivity index (χ0n) is 25.8. The minimum absolute atomic E-state index is 0.158. The Morgan fingerprint density at radius 2 is 1.31 bits per heavy atom. The number of alkyl carbamates (subject to hydrolysis) is 1. The van der Waals surface area contributed by atoms with Gasteiger partial charge < -0.3 is 19.5 Å². The zero-order chi connectivity index (χ0) is 34.7. The van der Waals surface area contributed by atoms with Crippen molar-refractivity contribution in [1.29, 1.82) is 0 Å². The first kappa shape index (κ1) is 33.9. The molecule has 0 unspecified atom stereocenters. The zero-order valence-corrected chi connectivity index (χ0v) is 25.8. The predicted octanol–water partition coefficient (Wildman–Crippen LogP) is 7.78. The summed E-state index contributed by atoms with van der Waals surface area (Å²) in [6, 6.07) is 19.3. The Morgan fingerprint density at radius 3 is 1.90 bits per heavy atom. The number of ether oxygens (including phenoxy) is 3. The molecule has 2 amide bonds. The van der Waals surface area contributed by atoms with Crippen LogP contribution in [0.1, 0.15) is 43.4 Å². The molecule has 0 fully saturated rings. The Bertz CT molecular complexity index is 1820. The predicted molar refractivity (Wildman–Crippen MR) is 164 cm³/mol. The van der Waals surface area contributed by atoms with Gasteiger partial charge in [-0.15, -0.1) is 0 Å². The van der Waals surface area contributed by atoms with E-state index in [0.29, 0.717) is 5.56 Å². The Labute approximate surface area is 271 Å². The Morgan fingerprint density at radius 1 is 0.750 bits per heavy atom. The summed E-state index contributed by atoms with van der Waals surface area (Å²) < 4.78 is 85.4. The van der Waals surface area contributed by atoms with Crippen LogP contribution in [0.15, 0.2) is 72.8 Å². The van der Waals surface area contributed by atoms with Gasteiger partial charge in [0.15, 0.2) is 0 Å². The molecule has 0 radical (unpaired) electrons. The van der Waals surface area contributed by atoms with E-state index in [9.17, 15) is 36.3 Å². The number of rotatable bonds is 8. The van der Waals surface area contributed by atoms with Crippen molar-refractivity contribution < 1.29 is 50.5 Å². The lowest BCUT2D eigenvalue weighted by atomic mass is 9.98. The molecule has 0 saturated heterocycles. The molecule has 250 valence electrons. The van der Waals surface area contributed by atoms with E-state index in [2.05, 4.69) is 15.4 Å². The molecule has 8 nitrogen and oxygen atoms in total. The van der Waals surface area contributed by atoms with Crippen molar-refractivity contribution in [2.75, 3.05) is 11.9 Å². The molecule has 4 aromatic carbocycles.